The van der Waals surface area contributed by atoms with Gasteiger partial charge < -0.3 is 4.74 Å². The molecular formula is C8H6ClF2NO2. The molecule has 1 aromatic heterocycles. The third-order valence-corrected chi connectivity index (χ3v) is 1.98. The van der Waals surface area contributed by atoms with Crippen molar-refractivity contribution in [1.29, 1.82) is 0 Å². The van der Waals surface area contributed by atoms with Crippen molar-refractivity contribution in [3.63, 3.8) is 0 Å². The van der Waals surface area contributed by atoms with Gasteiger partial charge in [-0.3, -0.25) is 9.78 Å². The van der Waals surface area contributed by atoms with E-state index in [0.717, 1.165) is 6.20 Å². The third kappa shape index (κ3) is 1.82. The van der Waals surface area contributed by atoms with Crippen LogP contribution in [0.25, 0.3) is 0 Å². The van der Waals surface area contributed by atoms with E-state index in [1.54, 1.807) is 0 Å². The van der Waals surface area contributed by atoms with Crippen molar-refractivity contribution in [2.45, 2.75) is 6.43 Å². The molecule has 3 nitrogen and oxygen atoms in total. The molecule has 1 rings (SSSR count). The molecule has 0 spiro atoms. The maximum atomic E-state index is 12.3. The van der Waals surface area contributed by atoms with Gasteiger partial charge in [0.2, 0.25) is 0 Å². The molecule has 0 radical (unpaired) electrons. The van der Waals surface area contributed by atoms with Crippen molar-refractivity contribution >= 4 is 17.9 Å². The monoisotopic (exact) mass is 221 g/mol. The van der Waals surface area contributed by atoms with E-state index in [1.165, 1.54) is 7.11 Å². The lowest BCUT2D eigenvalue weighted by Crippen LogP contribution is -2.00. The second-order valence-corrected chi connectivity index (χ2v) is 2.74. The number of alkyl halides is 2. The number of hydrogen-bond acceptors (Lipinski definition) is 3. The number of halogens is 3. The maximum Gasteiger partial charge on any atom is 0.281 e. The van der Waals surface area contributed by atoms with Gasteiger partial charge in [0.1, 0.15) is 5.69 Å². The number of methoxy groups -OCH3 is 1. The number of carbonyl (C=O) groups is 1. The lowest BCUT2D eigenvalue weighted by molar-refractivity contribution is 0.110. The molecule has 0 aromatic carbocycles. The van der Waals surface area contributed by atoms with E-state index in [0.29, 0.717) is 0 Å². The molecule has 0 amide bonds. The second kappa shape index (κ2) is 4.32. The average Bonchev–Trinajstić information content (AvgIpc) is 2.17. The molecule has 1 aromatic rings. The number of hydrogen-bond donors (Lipinski definition) is 0. The Morgan fingerprint density at radius 3 is 2.71 bits per heavy atom. The molecule has 6 heteroatoms. The van der Waals surface area contributed by atoms with Gasteiger partial charge in [0.15, 0.2) is 12.0 Å². The van der Waals surface area contributed by atoms with Crippen molar-refractivity contribution < 1.29 is 18.3 Å². The summed E-state index contributed by atoms with van der Waals surface area (Å²) in [6.07, 6.45) is -1.55. The minimum Gasteiger partial charge on any atom is -0.494 e. The van der Waals surface area contributed by atoms with Crippen LogP contribution >= 0.6 is 11.6 Å². The normalized spacial score (nSPS) is 10.4. The van der Waals surface area contributed by atoms with Crippen LogP contribution in [0.15, 0.2) is 6.20 Å². The summed E-state index contributed by atoms with van der Waals surface area (Å²) >= 11 is 5.63. The summed E-state index contributed by atoms with van der Waals surface area (Å²) in [4.78, 5) is 13.9. The minimum atomic E-state index is -2.83. The van der Waals surface area contributed by atoms with Gasteiger partial charge in [-0.05, 0) is 0 Å². The van der Waals surface area contributed by atoms with E-state index in [9.17, 15) is 13.6 Å². The maximum absolute atomic E-state index is 12.3. The molecule has 0 aliphatic carbocycles. The number of ether oxygens (including phenoxy) is 1. The fraction of sp³-hybridized carbons (Fsp3) is 0.250. The lowest BCUT2D eigenvalue weighted by Gasteiger charge is -2.07. The Hall–Kier alpha value is -1.23. The molecule has 0 saturated heterocycles. The van der Waals surface area contributed by atoms with Crippen LogP contribution in [0.1, 0.15) is 22.5 Å². The van der Waals surface area contributed by atoms with Crippen LogP contribution in [0.4, 0.5) is 8.78 Å². The standard InChI is InChI=1S/C8H6ClF2NO2/c1-14-5-2-12-7(8(10)11)4(3-13)6(5)9/h2-3,8H,1H3. The van der Waals surface area contributed by atoms with Crippen LogP contribution in [-0.4, -0.2) is 18.4 Å². The van der Waals surface area contributed by atoms with Crippen LogP contribution in [-0.2, 0) is 0 Å². The summed E-state index contributed by atoms with van der Waals surface area (Å²) in [5.41, 5.74) is -0.966. The first kappa shape index (κ1) is 10.8. The van der Waals surface area contributed by atoms with Crippen LogP contribution in [0.5, 0.6) is 5.75 Å². The van der Waals surface area contributed by atoms with Crippen LogP contribution in [0.3, 0.4) is 0 Å². The minimum absolute atomic E-state index is 0.0955. The molecule has 76 valence electrons. The van der Waals surface area contributed by atoms with Gasteiger partial charge in [-0.2, -0.15) is 0 Å². The summed E-state index contributed by atoms with van der Waals surface area (Å²) in [6.45, 7) is 0. The van der Waals surface area contributed by atoms with Crippen molar-refractivity contribution in [3.8, 4) is 5.75 Å². The second-order valence-electron chi connectivity index (χ2n) is 2.36. The van der Waals surface area contributed by atoms with Crippen LogP contribution < -0.4 is 4.74 Å². The first-order valence-electron chi connectivity index (χ1n) is 3.57. The van der Waals surface area contributed by atoms with E-state index >= 15 is 0 Å². The summed E-state index contributed by atoms with van der Waals surface area (Å²) < 4.78 is 29.3. The highest BCUT2D eigenvalue weighted by atomic mass is 35.5. The van der Waals surface area contributed by atoms with E-state index in [4.69, 9.17) is 16.3 Å². The highest BCUT2D eigenvalue weighted by Gasteiger charge is 2.19. The molecule has 0 aliphatic rings. The van der Waals surface area contributed by atoms with Gasteiger partial charge >= 0.3 is 0 Å². The number of nitrogens with zero attached hydrogens (tertiary/aromatic N) is 1. The van der Waals surface area contributed by atoms with Gasteiger partial charge in [0.05, 0.1) is 23.9 Å². The van der Waals surface area contributed by atoms with E-state index in [-0.39, 0.29) is 22.6 Å². The zero-order valence-electron chi connectivity index (χ0n) is 7.13. The molecular weight excluding hydrogens is 216 g/mol. The highest BCUT2D eigenvalue weighted by Crippen LogP contribution is 2.31. The molecule has 0 fully saturated rings. The zero-order valence-corrected chi connectivity index (χ0v) is 7.89. The van der Waals surface area contributed by atoms with Crippen molar-refractivity contribution in [1.82, 2.24) is 4.98 Å². The smallest absolute Gasteiger partial charge is 0.281 e. The molecule has 0 bridgehead atoms. The van der Waals surface area contributed by atoms with E-state index in [2.05, 4.69) is 4.98 Å². The molecule has 0 unspecified atom stereocenters. The molecule has 0 N–H and O–H groups in total. The largest absolute Gasteiger partial charge is 0.494 e. The van der Waals surface area contributed by atoms with Gasteiger partial charge in [-0.25, -0.2) is 8.78 Å². The highest BCUT2D eigenvalue weighted by molar-refractivity contribution is 6.34. The summed E-state index contributed by atoms with van der Waals surface area (Å²) in [7, 11) is 1.31. The molecule has 0 saturated carbocycles. The molecule has 0 atom stereocenters. The topological polar surface area (TPSA) is 39.2 Å². The Balaban J connectivity index is 3.35. The predicted molar refractivity (Wildman–Crippen MR) is 46.1 cm³/mol. The number of rotatable bonds is 3. The number of carbonyl (C=O) groups excluding carboxylic acids is 1. The third-order valence-electron chi connectivity index (χ3n) is 1.59. The Labute approximate surface area is 83.7 Å². The van der Waals surface area contributed by atoms with Gasteiger partial charge in [0.25, 0.3) is 6.43 Å². The number of aromatic nitrogens is 1. The fourth-order valence-electron chi connectivity index (χ4n) is 0.928. The van der Waals surface area contributed by atoms with Crippen LogP contribution in [0, 0.1) is 0 Å². The number of pyridine rings is 1. The van der Waals surface area contributed by atoms with Crippen molar-refractivity contribution in [2.24, 2.45) is 0 Å². The number of aldehydes is 1. The quantitative estimate of drug-likeness (QED) is 0.736. The fourth-order valence-corrected chi connectivity index (χ4v) is 1.20. The molecule has 1 heterocycles. The predicted octanol–water partition coefficient (Wildman–Crippen LogP) is 2.49. The Bertz CT molecular complexity index is 357. The van der Waals surface area contributed by atoms with Gasteiger partial charge in [-0.15, -0.1) is 0 Å². The van der Waals surface area contributed by atoms with Crippen molar-refractivity contribution in [2.75, 3.05) is 7.11 Å². The van der Waals surface area contributed by atoms with Crippen LogP contribution in [0.2, 0.25) is 5.02 Å². The Morgan fingerprint density at radius 1 is 1.64 bits per heavy atom. The summed E-state index contributed by atoms with van der Waals surface area (Å²) in [5.74, 6) is 0.0955. The SMILES string of the molecule is COc1cnc(C(F)F)c(C=O)c1Cl. The summed E-state index contributed by atoms with van der Waals surface area (Å²) in [6, 6.07) is 0. The van der Waals surface area contributed by atoms with Gasteiger partial charge in [-0.1, -0.05) is 11.6 Å². The van der Waals surface area contributed by atoms with Gasteiger partial charge in [0, 0.05) is 0 Å². The summed E-state index contributed by atoms with van der Waals surface area (Å²) in [5, 5.41) is -0.146. The zero-order chi connectivity index (χ0) is 10.7. The van der Waals surface area contributed by atoms with E-state index in [1.807, 2.05) is 0 Å². The Kier molecular flexibility index (Phi) is 3.35. The first-order valence-corrected chi connectivity index (χ1v) is 3.95. The average molecular weight is 222 g/mol. The lowest BCUT2D eigenvalue weighted by atomic mass is 10.2. The Morgan fingerprint density at radius 2 is 2.29 bits per heavy atom. The van der Waals surface area contributed by atoms with E-state index < -0.39 is 12.1 Å². The molecule has 14 heavy (non-hydrogen) atoms. The van der Waals surface area contributed by atoms with Crippen molar-refractivity contribution in [3.05, 3.63) is 22.5 Å². The molecule has 0 aliphatic heterocycles. The first-order chi connectivity index (χ1) is 6.61.